The van der Waals surface area contributed by atoms with E-state index in [-0.39, 0.29) is 22.2 Å². The third-order valence-electron chi connectivity index (χ3n) is 6.89. The van der Waals surface area contributed by atoms with Crippen LogP contribution in [0.2, 0.25) is 5.02 Å². The number of hydrogen-bond donors (Lipinski definition) is 1. The molecule has 2 heterocycles. The van der Waals surface area contributed by atoms with Gasteiger partial charge in [-0.1, -0.05) is 23.7 Å². The lowest BCUT2D eigenvalue weighted by molar-refractivity contribution is -0.384. The molecule has 0 spiro atoms. The standard InChI is InChI=1S/C26H32ClN5O4/c1-18-6-7-19(2)22(15-18)29-11-13-30(14-12-29)23-17-21(27)20(16-24(23)32(35)36)26(34)28-8-4-10-31-9-3-5-25(31)33/h6-7,15-17H,3-5,8-14H2,1-2H3,(H,28,34). The number of aryl methyl sites for hydroxylation is 2. The van der Waals surface area contributed by atoms with Gasteiger partial charge in [-0.2, -0.15) is 0 Å². The van der Waals surface area contributed by atoms with Crippen LogP contribution in [0.15, 0.2) is 30.3 Å². The number of nitro groups is 1. The summed E-state index contributed by atoms with van der Waals surface area (Å²) < 4.78 is 0. The molecule has 1 N–H and O–H groups in total. The van der Waals surface area contributed by atoms with Crippen LogP contribution < -0.4 is 15.1 Å². The summed E-state index contributed by atoms with van der Waals surface area (Å²) in [5, 5.41) is 14.9. The minimum absolute atomic E-state index is 0.0818. The normalized spacial score (nSPS) is 16.0. The molecule has 0 aliphatic carbocycles. The lowest BCUT2D eigenvalue weighted by atomic mass is 10.1. The van der Waals surface area contributed by atoms with E-state index < -0.39 is 10.8 Å². The van der Waals surface area contributed by atoms with E-state index in [4.69, 9.17) is 11.6 Å². The van der Waals surface area contributed by atoms with Crippen LogP contribution in [0.25, 0.3) is 0 Å². The number of hydrogen-bond acceptors (Lipinski definition) is 6. The Hall–Kier alpha value is -3.33. The van der Waals surface area contributed by atoms with E-state index in [0.29, 0.717) is 44.7 Å². The van der Waals surface area contributed by atoms with Gasteiger partial charge in [-0.05, 0) is 49.9 Å². The summed E-state index contributed by atoms with van der Waals surface area (Å²) in [5.41, 5.74) is 3.95. The van der Waals surface area contributed by atoms with Gasteiger partial charge >= 0.3 is 0 Å². The van der Waals surface area contributed by atoms with Crippen LogP contribution in [0.4, 0.5) is 17.1 Å². The molecule has 2 aromatic carbocycles. The summed E-state index contributed by atoms with van der Waals surface area (Å²) in [7, 11) is 0. The fourth-order valence-corrected chi connectivity index (χ4v) is 5.12. The van der Waals surface area contributed by atoms with E-state index in [1.54, 1.807) is 4.90 Å². The van der Waals surface area contributed by atoms with Crippen molar-refractivity contribution in [3.05, 3.63) is 62.2 Å². The van der Waals surface area contributed by atoms with Gasteiger partial charge in [0.05, 0.1) is 15.5 Å². The number of likely N-dealkylation sites (tertiary alicyclic amines) is 1. The maximum absolute atomic E-state index is 12.7. The number of rotatable bonds is 8. The summed E-state index contributed by atoms with van der Waals surface area (Å²) in [6.45, 7) is 8.50. The van der Waals surface area contributed by atoms with Gasteiger partial charge in [0.15, 0.2) is 0 Å². The van der Waals surface area contributed by atoms with Crippen molar-refractivity contribution in [1.29, 1.82) is 0 Å². The molecule has 0 radical (unpaired) electrons. The summed E-state index contributed by atoms with van der Waals surface area (Å²) in [6, 6.07) is 9.17. The zero-order valence-corrected chi connectivity index (χ0v) is 21.5. The SMILES string of the molecule is Cc1ccc(C)c(N2CCN(c3cc(Cl)c(C(=O)NCCCN4CCCC4=O)cc3[N+](=O)[O-])CC2)c1. The number of halogens is 1. The van der Waals surface area contributed by atoms with E-state index in [9.17, 15) is 19.7 Å². The molecule has 10 heteroatoms. The lowest BCUT2D eigenvalue weighted by Gasteiger charge is -2.38. The average molecular weight is 514 g/mol. The van der Waals surface area contributed by atoms with Crippen molar-refractivity contribution in [2.24, 2.45) is 0 Å². The Kier molecular flexibility index (Phi) is 7.98. The van der Waals surface area contributed by atoms with Gasteiger partial charge in [-0.25, -0.2) is 0 Å². The molecule has 2 aromatic rings. The predicted octanol–water partition coefficient (Wildman–Crippen LogP) is 3.93. The zero-order valence-electron chi connectivity index (χ0n) is 20.8. The van der Waals surface area contributed by atoms with Crippen molar-refractivity contribution in [3.63, 3.8) is 0 Å². The van der Waals surface area contributed by atoms with Gasteiger partial charge in [-0.15, -0.1) is 0 Å². The van der Waals surface area contributed by atoms with Gasteiger partial charge in [0.1, 0.15) is 5.69 Å². The second-order valence-corrected chi connectivity index (χ2v) is 9.84. The molecule has 2 aliphatic rings. The summed E-state index contributed by atoms with van der Waals surface area (Å²) in [6.07, 6.45) is 2.07. The maximum atomic E-state index is 12.7. The highest BCUT2D eigenvalue weighted by Gasteiger charge is 2.28. The summed E-state index contributed by atoms with van der Waals surface area (Å²) in [4.78, 5) is 41.9. The first kappa shape index (κ1) is 25.8. The first-order chi connectivity index (χ1) is 17.2. The van der Waals surface area contributed by atoms with Crippen LogP contribution in [0, 0.1) is 24.0 Å². The molecule has 4 rings (SSSR count). The minimum atomic E-state index is -0.460. The number of benzene rings is 2. The molecule has 0 unspecified atom stereocenters. The predicted molar refractivity (Wildman–Crippen MR) is 141 cm³/mol. The number of piperazine rings is 1. The van der Waals surface area contributed by atoms with Gasteiger partial charge in [0.25, 0.3) is 11.6 Å². The second-order valence-electron chi connectivity index (χ2n) is 9.44. The monoisotopic (exact) mass is 513 g/mol. The molecule has 2 aliphatic heterocycles. The van der Waals surface area contributed by atoms with E-state index in [0.717, 1.165) is 26.1 Å². The number of anilines is 2. The average Bonchev–Trinajstić information content (AvgIpc) is 3.27. The van der Waals surface area contributed by atoms with Crippen LogP contribution >= 0.6 is 11.6 Å². The van der Waals surface area contributed by atoms with Crippen LogP contribution in [0.3, 0.4) is 0 Å². The van der Waals surface area contributed by atoms with E-state index in [1.165, 1.54) is 28.9 Å². The maximum Gasteiger partial charge on any atom is 0.293 e. The topological polar surface area (TPSA) is 99.0 Å². The Balaban J connectivity index is 1.41. The Labute approximate surface area is 216 Å². The van der Waals surface area contributed by atoms with Crippen molar-refractivity contribution < 1.29 is 14.5 Å². The van der Waals surface area contributed by atoms with E-state index in [1.807, 2.05) is 4.90 Å². The Morgan fingerprint density at radius 3 is 2.39 bits per heavy atom. The first-order valence-corrected chi connectivity index (χ1v) is 12.7. The molecule has 36 heavy (non-hydrogen) atoms. The van der Waals surface area contributed by atoms with Crippen molar-refractivity contribution in [2.45, 2.75) is 33.1 Å². The molecule has 192 valence electrons. The first-order valence-electron chi connectivity index (χ1n) is 12.4. The van der Waals surface area contributed by atoms with Crippen LogP contribution in [-0.2, 0) is 4.79 Å². The Morgan fingerprint density at radius 1 is 1.06 bits per heavy atom. The molecular weight excluding hydrogens is 482 g/mol. The molecule has 0 bridgehead atoms. The van der Waals surface area contributed by atoms with Gasteiger partial charge in [0, 0.05) is 64.0 Å². The number of carbonyl (C=O) groups is 2. The molecule has 2 fully saturated rings. The van der Waals surface area contributed by atoms with Gasteiger partial charge < -0.3 is 20.0 Å². The third kappa shape index (κ3) is 5.73. The Bertz CT molecular complexity index is 1160. The molecule has 9 nitrogen and oxygen atoms in total. The van der Waals surface area contributed by atoms with Crippen LogP contribution in [0.5, 0.6) is 0 Å². The van der Waals surface area contributed by atoms with Crippen LogP contribution in [-0.4, -0.2) is 67.5 Å². The number of carbonyl (C=O) groups excluding carboxylic acids is 2. The summed E-state index contributed by atoms with van der Waals surface area (Å²) in [5.74, 6) is -0.312. The van der Waals surface area contributed by atoms with Crippen LogP contribution in [0.1, 0.15) is 40.7 Å². The fraction of sp³-hybridized carbons (Fsp3) is 0.462. The molecular formula is C26H32ClN5O4. The highest BCUT2D eigenvalue weighted by molar-refractivity contribution is 6.34. The number of nitrogens with zero attached hydrogens (tertiary/aromatic N) is 4. The second kappa shape index (κ2) is 11.2. The quantitative estimate of drug-likeness (QED) is 0.326. The molecule has 0 atom stereocenters. The minimum Gasteiger partial charge on any atom is -0.368 e. The van der Waals surface area contributed by atoms with Crippen molar-refractivity contribution in [2.75, 3.05) is 55.6 Å². The van der Waals surface area contributed by atoms with E-state index in [2.05, 4.69) is 42.3 Å². The largest absolute Gasteiger partial charge is 0.368 e. The molecule has 2 saturated heterocycles. The third-order valence-corrected chi connectivity index (χ3v) is 7.21. The highest BCUT2D eigenvalue weighted by atomic mass is 35.5. The van der Waals surface area contributed by atoms with Gasteiger partial charge in [0.2, 0.25) is 5.91 Å². The lowest BCUT2D eigenvalue weighted by Crippen LogP contribution is -2.47. The number of amides is 2. The fourth-order valence-electron chi connectivity index (χ4n) is 4.88. The molecule has 0 aromatic heterocycles. The highest BCUT2D eigenvalue weighted by Crippen LogP contribution is 2.35. The smallest absolute Gasteiger partial charge is 0.293 e. The van der Waals surface area contributed by atoms with Gasteiger partial charge in [-0.3, -0.25) is 19.7 Å². The van der Waals surface area contributed by atoms with E-state index >= 15 is 0 Å². The Morgan fingerprint density at radius 2 is 1.75 bits per heavy atom. The van der Waals surface area contributed by atoms with Crippen molar-refractivity contribution >= 4 is 40.5 Å². The molecule has 0 saturated carbocycles. The molecule has 2 amide bonds. The summed E-state index contributed by atoms with van der Waals surface area (Å²) >= 11 is 6.45. The van der Waals surface area contributed by atoms with Crippen molar-refractivity contribution in [3.8, 4) is 0 Å². The number of nitrogens with one attached hydrogen (secondary N) is 1. The van der Waals surface area contributed by atoms with Crippen molar-refractivity contribution in [1.82, 2.24) is 10.2 Å². The zero-order chi connectivity index (χ0) is 25.8. The number of nitro benzene ring substituents is 1.